The molecule has 0 saturated carbocycles. The maximum atomic E-state index is 12.9. The largest absolute Gasteiger partial charge is 0.336 e. The fraction of sp³-hybridized carbons (Fsp3) is 0.412. The molecule has 1 aliphatic rings. The first-order valence-electron chi connectivity index (χ1n) is 8.04. The van der Waals surface area contributed by atoms with Crippen molar-refractivity contribution < 1.29 is 9.18 Å². The van der Waals surface area contributed by atoms with Crippen molar-refractivity contribution in [2.24, 2.45) is 0 Å². The Morgan fingerprint density at radius 3 is 2.61 bits per heavy atom. The molecule has 1 aromatic carbocycles. The van der Waals surface area contributed by atoms with Gasteiger partial charge in [-0.1, -0.05) is 0 Å². The van der Waals surface area contributed by atoms with Crippen LogP contribution in [-0.4, -0.2) is 40.3 Å². The number of rotatable bonds is 4. The SMILES string of the molecule is O=C(NCCn1ccc(-c2ccc(F)cc2)n1)N1CCCCC1. The number of nitrogens with one attached hydrogen (secondary N) is 1. The van der Waals surface area contributed by atoms with E-state index < -0.39 is 0 Å². The minimum Gasteiger partial charge on any atom is -0.336 e. The third kappa shape index (κ3) is 4.09. The van der Waals surface area contributed by atoms with E-state index in [4.69, 9.17) is 0 Å². The van der Waals surface area contributed by atoms with Crippen molar-refractivity contribution in [2.45, 2.75) is 25.8 Å². The summed E-state index contributed by atoms with van der Waals surface area (Å²) in [6, 6.07) is 8.16. The molecule has 5 nitrogen and oxygen atoms in total. The average molecular weight is 316 g/mol. The molecule has 1 fully saturated rings. The van der Waals surface area contributed by atoms with Crippen LogP contribution in [-0.2, 0) is 6.54 Å². The summed E-state index contributed by atoms with van der Waals surface area (Å²) >= 11 is 0. The molecule has 1 N–H and O–H groups in total. The van der Waals surface area contributed by atoms with Crippen LogP contribution in [0.3, 0.4) is 0 Å². The Hall–Kier alpha value is -2.37. The molecule has 1 aliphatic heterocycles. The molecular weight excluding hydrogens is 295 g/mol. The molecular formula is C17H21FN4O. The van der Waals surface area contributed by atoms with E-state index in [1.165, 1.54) is 18.6 Å². The van der Waals surface area contributed by atoms with Gasteiger partial charge in [-0.15, -0.1) is 0 Å². The number of halogens is 1. The molecule has 2 aromatic rings. The Kier molecular flexibility index (Phi) is 4.90. The Morgan fingerprint density at radius 1 is 1.13 bits per heavy atom. The van der Waals surface area contributed by atoms with Crippen molar-refractivity contribution >= 4 is 6.03 Å². The topological polar surface area (TPSA) is 50.2 Å². The maximum absolute atomic E-state index is 12.9. The van der Waals surface area contributed by atoms with Gasteiger partial charge in [0.1, 0.15) is 5.82 Å². The summed E-state index contributed by atoms with van der Waals surface area (Å²) in [5, 5.41) is 7.38. The summed E-state index contributed by atoms with van der Waals surface area (Å²) in [5.41, 5.74) is 1.68. The molecule has 3 rings (SSSR count). The number of benzene rings is 1. The van der Waals surface area contributed by atoms with Crippen LogP contribution in [0.15, 0.2) is 36.5 Å². The minimum absolute atomic E-state index is 0.00983. The number of carbonyl (C=O) groups excluding carboxylic acids is 1. The molecule has 1 saturated heterocycles. The predicted octanol–water partition coefficient (Wildman–Crippen LogP) is 2.88. The summed E-state index contributed by atoms with van der Waals surface area (Å²) in [5.74, 6) is -0.256. The zero-order chi connectivity index (χ0) is 16.1. The number of piperidine rings is 1. The standard InChI is InChI=1S/C17H21FN4O/c18-15-6-4-14(5-7-15)16-8-12-22(20-16)13-9-19-17(23)21-10-2-1-3-11-21/h4-8,12H,1-3,9-11,13H2,(H,19,23). The number of aromatic nitrogens is 2. The minimum atomic E-state index is -0.256. The molecule has 2 amide bonds. The van der Waals surface area contributed by atoms with Crippen LogP contribution < -0.4 is 5.32 Å². The average Bonchev–Trinajstić information content (AvgIpc) is 3.05. The van der Waals surface area contributed by atoms with Crippen LogP contribution in [0.4, 0.5) is 9.18 Å². The number of hydrogen-bond donors (Lipinski definition) is 1. The number of amides is 2. The van der Waals surface area contributed by atoms with Crippen LogP contribution >= 0.6 is 0 Å². The Morgan fingerprint density at radius 2 is 1.87 bits per heavy atom. The second kappa shape index (κ2) is 7.26. The monoisotopic (exact) mass is 316 g/mol. The Bertz CT molecular complexity index is 647. The molecule has 0 unspecified atom stereocenters. The Balaban J connectivity index is 1.49. The Labute approximate surface area is 135 Å². The molecule has 0 spiro atoms. The van der Waals surface area contributed by atoms with Gasteiger partial charge in [-0.05, 0) is 49.6 Å². The smallest absolute Gasteiger partial charge is 0.317 e. The highest BCUT2D eigenvalue weighted by Crippen LogP contribution is 2.17. The molecule has 23 heavy (non-hydrogen) atoms. The molecule has 0 bridgehead atoms. The lowest BCUT2D eigenvalue weighted by Crippen LogP contribution is -2.43. The number of urea groups is 1. The van der Waals surface area contributed by atoms with Crippen molar-refractivity contribution in [1.82, 2.24) is 20.0 Å². The molecule has 2 heterocycles. The fourth-order valence-electron chi connectivity index (χ4n) is 2.75. The van der Waals surface area contributed by atoms with E-state index in [9.17, 15) is 9.18 Å². The van der Waals surface area contributed by atoms with Crippen molar-refractivity contribution in [3.8, 4) is 11.3 Å². The molecule has 122 valence electrons. The number of nitrogens with zero attached hydrogens (tertiary/aromatic N) is 3. The van der Waals surface area contributed by atoms with Crippen molar-refractivity contribution in [1.29, 1.82) is 0 Å². The highest BCUT2D eigenvalue weighted by Gasteiger charge is 2.15. The third-order valence-electron chi connectivity index (χ3n) is 4.04. The van der Waals surface area contributed by atoms with E-state index in [1.54, 1.807) is 16.8 Å². The lowest BCUT2D eigenvalue weighted by molar-refractivity contribution is 0.186. The molecule has 0 atom stereocenters. The number of carbonyl (C=O) groups is 1. The third-order valence-corrected chi connectivity index (χ3v) is 4.04. The predicted molar refractivity (Wildman–Crippen MR) is 86.4 cm³/mol. The van der Waals surface area contributed by atoms with Crippen molar-refractivity contribution in [3.05, 3.63) is 42.3 Å². The van der Waals surface area contributed by atoms with Gasteiger partial charge in [0.15, 0.2) is 0 Å². The highest BCUT2D eigenvalue weighted by atomic mass is 19.1. The van der Waals surface area contributed by atoms with Crippen LogP contribution in [0.5, 0.6) is 0 Å². The van der Waals surface area contributed by atoms with Gasteiger partial charge in [-0.3, -0.25) is 4.68 Å². The van der Waals surface area contributed by atoms with Gasteiger partial charge in [0, 0.05) is 31.4 Å². The summed E-state index contributed by atoms with van der Waals surface area (Å²) < 4.78 is 14.7. The summed E-state index contributed by atoms with van der Waals surface area (Å²) in [6.07, 6.45) is 5.26. The highest BCUT2D eigenvalue weighted by molar-refractivity contribution is 5.74. The zero-order valence-corrected chi connectivity index (χ0v) is 13.0. The van der Waals surface area contributed by atoms with Crippen molar-refractivity contribution in [2.75, 3.05) is 19.6 Å². The first-order valence-corrected chi connectivity index (χ1v) is 8.04. The number of hydrogen-bond acceptors (Lipinski definition) is 2. The quantitative estimate of drug-likeness (QED) is 0.943. The van der Waals surface area contributed by atoms with Gasteiger partial charge in [-0.2, -0.15) is 5.10 Å². The van der Waals surface area contributed by atoms with Crippen LogP contribution in [0.25, 0.3) is 11.3 Å². The van der Waals surface area contributed by atoms with E-state index in [1.807, 2.05) is 17.2 Å². The van der Waals surface area contributed by atoms with E-state index in [0.717, 1.165) is 37.2 Å². The van der Waals surface area contributed by atoms with Gasteiger partial charge in [0.05, 0.1) is 12.2 Å². The van der Waals surface area contributed by atoms with Gasteiger partial charge >= 0.3 is 6.03 Å². The lowest BCUT2D eigenvalue weighted by Gasteiger charge is -2.26. The van der Waals surface area contributed by atoms with Gasteiger partial charge < -0.3 is 10.2 Å². The zero-order valence-electron chi connectivity index (χ0n) is 13.0. The first-order chi connectivity index (χ1) is 11.2. The van der Waals surface area contributed by atoms with Crippen molar-refractivity contribution in [3.63, 3.8) is 0 Å². The normalized spacial score (nSPS) is 14.7. The van der Waals surface area contributed by atoms with Gasteiger partial charge in [-0.25, -0.2) is 9.18 Å². The second-order valence-corrected chi connectivity index (χ2v) is 5.75. The van der Waals surface area contributed by atoms with Gasteiger partial charge in [0.25, 0.3) is 0 Å². The molecule has 0 radical (unpaired) electrons. The molecule has 0 aliphatic carbocycles. The van der Waals surface area contributed by atoms with Gasteiger partial charge in [0.2, 0.25) is 0 Å². The maximum Gasteiger partial charge on any atom is 0.317 e. The van der Waals surface area contributed by atoms with Crippen LogP contribution in [0, 0.1) is 5.82 Å². The molecule has 1 aromatic heterocycles. The van der Waals surface area contributed by atoms with Crippen LogP contribution in [0.2, 0.25) is 0 Å². The summed E-state index contributed by atoms with van der Waals surface area (Å²) in [4.78, 5) is 13.9. The van der Waals surface area contributed by atoms with E-state index in [0.29, 0.717) is 13.1 Å². The molecule has 6 heteroatoms. The first kappa shape index (κ1) is 15.5. The van der Waals surface area contributed by atoms with E-state index in [-0.39, 0.29) is 11.8 Å². The number of likely N-dealkylation sites (tertiary alicyclic amines) is 1. The summed E-state index contributed by atoms with van der Waals surface area (Å²) in [6.45, 7) is 2.85. The summed E-state index contributed by atoms with van der Waals surface area (Å²) in [7, 11) is 0. The van der Waals surface area contributed by atoms with E-state index in [2.05, 4.69) is 10.4 Å². The lowest BCUT2D eigenvalue weighted by atomic mass is 10.1. The van der Waals surface area contributed by atoms with Crippen LogP contribution in [0.1, 0.15) is 19.3 Å². The fourth-order valence-corrected chi connectivity index (χ4v) is 2.75. The second-order valence-electron chi connectivity index (χ2n) is 5.75. The van der Waals surface area contributed by atoms with E-state index >= 15 is 0 Å².